The van der Waals surface area contributed by atoms with Gasteiger partial charge in [0.15, 0.2) is 17.6 Å². The number of nitrogens with zero attached hydrogens (tertiary/aromatic N) is 6. The number of benzene rings is 1. The highest BCUT2D eigenvalue weighted by atomic mass is 35.5. The van der Waals surface area contributed by atoms with Crippen molar-refractivity contribution in [3.8, 4) is 17.3 Å². The summed E-state index contributed by atoms with van der Waals surface area (Å²) in [5, 5.41) is 13.0. The fraction of sp³-hybridized carbons (Fsp3) is 0.476. The van der Waals surface area contributed by atoms with Gasteiger partial charge in [0.05, 0.1) is 12.2 Å². The van der Waals surface area contributed by atoms with Gasteiger partial charge in [0.1, 0.15) is 5.75 Å². The van der Waals surface area contributed by atoms with E-state index in [2.05, 4.69) is 20.5 Å². The number of likely N-dealkylation sites (tertiary alicyclic amines) is 1. The van der Waals surface area contributed by atoms with Crippen LogP contribution >= 0.6 is 11.6 Å². The van der Waals surface area contributed by atoms with E-state index in [0.29, 0.717) is 41.3 Å². The first-order valence-corrected chi connectivity index (χ1v) is 10.8. The molecule has 3 heterocycles. The fourth-order valence-electron chi connectivity index (χ4n) is 3.53. The van der Waals surface area contributed by atoms with Gasteiger partial charge in [0.2, 0.25) is 0 Å². The molecule has 1 aromatic carbocycles. The van der Waals surface area contributed by atoms with Crippen LogP contribution in [-0.2, 0) is 4.79 Å². The predicted molar refractivity (Wildman–Crippen MR) is 114 cm³/mol. The van der Waals surface area contributed by atoms with E-state index in [4.69, 9.17) is 20.9 Å². The molecule has 1 atom stereocenters. The number of piperidine rings is 1. The summed E-state index contributed by atoms with van der Waals surface area (Å²) in [5.74, 6) is 1.74. The Kier molecular flexibility index (Phi) is 6.22. The molecule has 31 heavy (non-hydrogen) atoms. The minimum atomic E-state index is -0.583. The Morgan fingerprint density at radius 1 is 1.26 bits per heavy atom. The lowest BCUT2D eigenvalue weighted by Gasteiger charge is -2.33. The van der Waals surface area contributed by atoms with Crippen LogP contribution in [0.5, 0.6) is 5.75 Å². The largest absolute Gasteiger partial charge is 0.481 e. The standard InChI is InChI=1S/C21H25ClN6O3/c1-13(2)19-23-20(31-25-19)18-12-28(26-24-18)16-7-9-27(10-8-16)21(29)14(3)30-17-6-4-5-15(22)11-17/h4-6,11-14,16H,7-10H2,1-3H3/t14-/m0/s1. The van der Waals surface area contributed by atoms with Crippen molar-refractivity contribution in [2.24, 2.45) is 0 Å². The lowest BCUT2D eigenvalue weighted by atomic mass is 10.0. The van der Waals surface area contributed by atoms with Crippen LogP contribution in [0.15, 0.2) is 35.0 Å². The minimum Gasteiger partial charge on any atom is -0.481 e. The summed E-state index contributed by atoms with van der Waals surface area (Å²) in [6, 6.07) is 7.21. The fourth-order valence-corrected chi connectivity index (χ4v) is 3.71. The third kappa shape index (κ3) is 4.87. The van der Waals surface area contributed by atoms with Crippen molar-refractivity contribution in [3.05, 3.63) is 41.3 Å². The van der Waals surface area contributed by atoms with Gasteiger partial charge in [-0.25, -0.2) is 4.68 Å². The number of hydrogen-bond acceptors (Lipinski definition) is 7. The summed E-state index contributed by atoms with van der Waals surface area (Å²) < 4.78 is 12.9. The number of rotatable bonds is 6. The van der Waals surface area contributed by atoms with Gasteiger partial charge in [-0.2, -0.15) is 4.98 Å². The maximum absolute atomic E-state index is 12.8. The SMILES string of the molecule is CC(C)c1noc(-c2cn(C3CCN(C(=O)[C@H](C)Oc4cccc(Cl)c4)CC3)nn2)n1. The van der Waals surface area contributed by atoms with Crippen molar-refractivity contribution < 1.29 is 14.1 Å². The van der Waals surface area contributed by atoms with Gasteiger partial charge >= 0.3 is 0 Å². The lowest BCUT2D eigenvalue weighted by Crippen LogP contribution is -2.45. The van der Waals surface area contributed by atoms with E-state index >= 15 is 0 Å². The zero-order valence-corrected chi connectivity index (χ0v) is 18.5. The molecule has 0 bridgehead atoms. The molecule has 0 spiro atoms. The topological polar surface area (TPSA) is 99.2 Å². The van der Waals surface area contributed by atoms with Gasteiger partial charge in [-0.3, -0.25) is 4.79 Å². The van der Waals surface area contributed by atoms with Crippen molar-refractivity contribution in [1.29, 1.82) is 0 Å². The monoisotopic (exact) mass is 444 g/mol. The summed E-state index contributed by atoms with van der Waals surface area (Å²) in [5.41, 5.74) is 0.557. The van der Waals surface area contributed by atoms with E-state index < -0.39 is 6.10 Å². The maximum Gasteiger partial charge on any atom is 0.280 e. The normalized spacial score (nSPS) is 16.0. The first-order chi connectivity index (χ1) is 14.9. The second-order valence-electron chi connectivity index (χ2n) is 7.97. The van der Waals surface area contributed by atoms with Gasteiger partial charge in [-0.15, -0.1) is 5.10 Å². The van der Waals surface area contributed by atoms with Crippen molar-refractivity contribution in [1.82, 2.24) is 30.0 Å². The summed E-state index contributed by atoms with van der Waals surface area (Å²) >= 11 is 5.98. The molecular formula is C21H25ClN6O3. The van der Waals surface area contributed by atoms with Crippen molar-refractivity contribution >= 4 is 17.5 Å². The van der Waals surface area contributed by atoms with Crippen molar-refractivity contribution in [2.75, 3.05) is 13.1 Å². The molecule has 1 aliphatic heterocycles. The zero-order valence-electron chi connectivity index (χ0n) is 17.7. The zero-order chi connectivity index (χ0) is 22.0. The van der Waals surface area contributed by atoms with Crippen molar-refractivity contribution in [3.63, 3.8) is 0 Å². The molecule has 4 rings (SSSR count). The number of halogens is 1. The number of hydrogen-bond donors (Lipinski definition) is 0. The third-order valence-corrected chi connectivity index (χ3v) is 5.53. The first-order valence-electron chi connectivity index (χ1n) is 10.4. The number of carbonyl (C=O) groups excluding carboxylic acids is 1. The van der Waals surface area contributed by atoms with Crippen LogP contribution in [0, 0.1) is 0 Å². The molecule has 1 amide bonds. The third-order valence-electron chi connectivity index (χ3n) is 5.29. The van der Waals surface area contributed by atoms with E-state index in [0.717, 1.165) is 12.8 Å². The maximum atomic E-state index is 12.8. The van der Waals surface area contributed by atoms with Gasteiger partial charge in [0, 0.05) is 24.0 Å². The molecule has 0 N–H and O–H groups in total. The molecule has 164 valence electrons. The number of amides is 1. The summed E-state index contributed by atoms with van der Waals surface area (Å²) in [7, 11) is 0. The second-order valence-corrected chi connectivity index (χ2v) is 8.41. The minimum absolute atomic E-state index is 0.0372. The Morgan fingerprint density at radius 3 is 2.71 bits per heavy atom. The molecular weight excluding hydrogens is 420 g/mol. The highest BCUT2D eigenvalue weighted by Gasteiger charge is 2.28. The molecule has 1 fully saturated rings. The van der Waals surface area contributed by atoms with Crippen LogP contribution in [0.3, 0.4) is 0 Å². The Hall–Kier alpha value is -2.94. The second kappa shape index (κ2) is 9.05. The summed E-state index contributed by atoms with van der Waals surface area (Å²) in [6.45, 7) is 7.01. The van der Waals surface area contributed by atoms with E-state index in [1.54, 1.807) is 31.2 Å². The summed E-state index contributed by atoms with van der Waals surface area (Å²) in [6.07, 6.45) is 2.80. The Labute approximate surface area is 185 Å². The first kappa shape index (κ1) is 21.3. The van der Waals surface area contributed by atoms with E-state index in [1.807, 2.05) is 29.6 Å². The average molecular weight is 445 g/mol. The summed E-state index contributed by atoms with van der Waals surface area (Å²) in [4.78, 5) is 19.0. The van der Waals surface area contributed by atoms with Gasteiger partial charge in [-0.05, 0) is 38.0 Å². The molecule has 1 saturated heterocycles. The molecule has 0 unspecified atom stereocenters. The molecule has 1 aliphatic rings. The molecule has 3 aromatic rings. The highest BCUT2D eigenvalue weighted by molar-refractivity contribution is 6.30. The Bertz CT molecular complexity index is 1040. The van der Waals surface area contributed by atoms with Crippen LogP contribution in [0.4, 0.5) is 0 Å². The predicted octanol–water partition coefficient (Wildman–Crippen LogP) is 3.74. The molecule has 10 heteroatoms. The number of carbonyl (C=O) groups is 1. The highest BCUT2D eigenvalue weighted by Crippen LogP contribution is 2.25. The van der Waals surface area contributed by atoms with Crippen LogP contribution in [-0.4, -0.2) is 55.1 Å². The lowest BCUT2D eigenvalue weighted by molar-refractivity contribution is -0.139. The van der Waals surface area contributed by atoms with Gasteiger partial charge in [0.25, 0.3) is 11.8 Å². The Morgan fingerprint density at radius 2 is 2.03 bits per heavy atom. The van der Waals surface area contributed by atoms with Crippen LogP contribution in [0.2, 0.25) is 5.02 Å². The molecule has 0 radical (unpaired) electrons. The molecule has 0 saturated carbocycles. The van der Waals surface area contributed by atoms with Gasteiger partial charge < -0.3 is 14.2 Å². The van der Waals surface area contributed by atoms with Gasteiger partial charge in [-0.1, -0.05) is 41.9 Å². The number of aromatic nitrogens is 5. The quantitative estimate of drug-likeness (QED) is 0.571. The van der Waals surface area contributed by atoms with Crippen molar-refractivity contribution in [2.45, 2.75) is 51.7 Å². The van der Waals surface area contributed by atoms with E-state index in [-0.39, 0.29) is 17.9 Å². The van der Waals surface area contributed by atoms with E-state index in [9.17, 15) is 4.79 Å². The molecule has 9 nitrogen and oxygen atoms in total. The van der Waals surface area contributed by atoms with Crippen LogP contribution < -0.4 is 4.74 Å². The smallest absolute Gasteiger partial charge is 0.280 e. The van der Waals surface area contributed by atoms with Crippen LogP contribution in [0.25, 0.3) is 11.6 Å². The van der Waals surface area contributed by atoms with Crippen LogP contribution in [0.1, 0.15) is 51.4 Å². The average Bonchev–Trinajstić information content (AvgIpc) is 3.43. The number of ether oxygens (including phenoxy) is 1. The Balaban J connectivity index is 1.33. The van der Waals surface area contributed by atoms with E-state index in [1.165, 1.54) is 0 Å². The molecule has 0 aliphatic carbocycles. The molecule has 2 aromatic heterocycles.